The number of ether oxygens (including phenoxy) is 2. The first-order chi connectivity index (χ1) is 15.2. The molecule has 2 aromatic heterocycles. The van der Waals surface area contributed by atoms with Crippen LogP contribution in [0.1, 0.15) is 57.8 Å². The van der Waals surface area contributed by atoms with Gasteiger partial charge >= 0.3 is 0 Å². The van der Waals surface area contributed by atoms with Gasteiger partial charge in [0.2, 0.25) is 0 Å². The Hall–Kier alpha value is -2.44. The van der Waals surface area contributed by atoms with E-state index in [4.69, 9.17) is 14.5 Å². The van der Waals surface area contributed by atoms with Gasteiger partial charge in [-0.3, -0.25) is 4.79 Å². The predicted octanol–water partition coefficient (Wildman–Crippen LogP) is 4.76. The molecule has 0 atom stereocenters. The van der Waals surface area contributed by atoms with Crippen molar-refractivity contribution < 1.29 is 9.47 Å². The molecule has 1 aliphatic heterocycles. The van der Waals surface area contributed by atoms with Crippen LogP contribution in [-0.2, 0) is 22.1 Å². The van der Waals surface area contributed by atoms with Crippen LogP contribution in [-0.4, -0.2) is 40.0 Å². The molecule has 0 saturated carbocycles. The van der Waals surface area contributed by atoms with Crippen LogP contribution < -0.4 is 5.56 Å². The SMILES string of the molecule is Cc1cc(-c2ccc3nc(C4CCOCC4)n(C(C)(C)COC(C)C)c3c2)cn(C)c1=O. The van der Waals surface area contributed by atoms with Crippen molar-refractivity contribution in [2.24, 2.45) is 7.05 Å². The minimum Gasteiger partial charge on any atom is -0.381 e. The summed E-state index contributed by atoms with van der Waals surface area (Å²) < 4.78 is 15.7. The Morgan fingerprint density at radius 1 is 1.19 bits per heavy atom. The number of hydrogen-bond donors (Lipinski definition) is 0. The van der Waals surface area contributed by atoms with Gasteiger partial charge in [-0.25, -0.2) is 4.98 Å². The number of hydrogen-bond acceptors (Lipinski definition) is 4. The molecule has 1 aliphatic rings. The Bertz CT molecular complexity index is 1140. The maximum Gasteiger partial charge on any atom is 0.253 e. The zero-order chi connectivity index (χ0) is 23.0. The third kappa shape index (κ3) is 4.39. The van der Waals surface area contributed by atoms with E-state index in [1.165, 1.54) is 0 Å². The number of rotatable bonds is 6. The monoisotopic (exact) mass is 437 g/mol. The first-order valence-electron chi connectivity index (χ1n) is 11.6. The minimum absolute atomic E-state index is 0.0358. The van der Waals surface area contributed by atoms with Gasteiger partial charge in [-0.05, 0) is 76.8 Å². The zero-order valence-electron chi connectivity index (χ0n) is 20.1. The molecule has 0 bridgehead atoms. The Kier molecular flexibility index (Phi) is 6.28. The third-order valence-corrected chi connectivity index (χ3v) is 6.34. The van der Waals surface area contributed by atoms with Crippen molar-refractivity contribution in [3.05, 3.63) is 52.2 Å². The molecular formula is C26H35N3O3. The van der Waals surface area contributed by atoms with Crippen LogP contribution in [0.5, 0.6) is 0 Å². The fourth-order valence-corrected chi connectivity index (χ4v) is 4.61. The van der Waals surface area contributed by atoms with E-state index in [1.807, 2.05) is 19.2 Å². The molecule has 6 heteroatoms. The molecule has 3 aromatic rings. The fraction of sp³-hybridized carbons (Fsp3) is 0.538. The van der Waals surface area contributed by atoms with E-state index < -0.39 is 0 Å². The second-order valence-corrected chi connectivity index (χ2v) is 9.90. The van der Waals surface area contributed by atoms with Crippen molar-refractivity contribution in [1.82, 2.24) is 14.1 Å². The molecular weight excluding hydrogens is 402 g/mol. The molecule has 32 heavy (non-hydrogen) atoms. The summed E-state index contributed by atoms with van der Waals surface area (Å²) in [5.41, 5.74) is 4.73. The van der Waals surface area contributed by atoms with Crippen LogP contribution in [0, 0.1) is 6.92 Å². The first kappa shape index (κ1) is 22.7. The molecule has 0 aliphatic carbocycles. The lowest BCUT2D eigenvalue weighted by Crippen LogP contribution is -2.35. The van der Waals surface area contributed by atoms with Gasteiger partial charge in [0.25, 0.3) is 5.56 Å². The van der Waals surface area contributed by atoms with Crippen LogP contribution in [0.25, 0.3) is 22.2 Å². The van der Waals surface area contributed by atoms with Crippen molar-refractivity contribution in [1.29, 1.82) is 0 Å². The van der Waals surface area contributed by atoms with Gasteiger partial charge in [0.05, 0.1) is 29.3 Å². The highest BCUT2D eigenvalue weighted by molar-refractivity contribution is 5.83. The maximum absolute atomic E-state index is 12.2. The fourth-order valence-electron chi connectivity index (χ4n) is 4.61. The Morgan fingerprint density at radius 2 is 1.91 bits per heavy atom. The van der Waals surface area contributed by atoms with Gasteiger partial charge in [0.15, 0.2) is 0 Å². The predicted molar refractivity (Wildman–Crippen MR) is 128 cm³/mol. The molecule has 4 rings (SSSR count). The first-order valence-corrected chi connectivity index (χ1v) is 11.6. The van der Waals surface area contributed by atoms with E-state index in [0.717, 1.165) is 59.6 Å². The average molecular weight is 438 g/mol. The summed E-state index contributed by atoms with van der Waals surface area (Å²) in [6, 6.07) is 8.38. The molecule has 0 N–H and O–H groups in total. The van der Waals surface area contributed by atoms with E-state index >= 15 is 0 Å². The molecule has 0 unspecified atom stereocenters. The third-order valence-electron chi connectivity index (χ3n) is 6.34. The topological polar surface area (TPSA) is 58.3 Å². The average Bonchev–Trinajstić information content (AvgIpc) is 3.16. The number of fused-ring (bicyclic) bond motifs is 1. The van der Waals surface area contributed by atoms with E-state index in [1.54, 1.807) is 11.6 Å². The Balaban J connectivity index is 1.88. The van der Waals surface area contributed by atoms with Crippen molar-refractivity contribution in [3.63, 3.8) is 0 Å². The summed E-state index contributed by atoms with van der Waals surface area (Å²) in [4.78, 5) is 17.3. The van der Waals surface area contributed by atoms with Crippen molar-refractivity contribution in [3.8, 4) is 11.1 Å². The molecule has 172 valence electrons. The highest BCUT2D eigenvalue weighted by atomic mass is 16.5. The molecule has 6 nitrogen and oxygen atoms in total. The van der Waals surface area contributed by atoms with E-state index in [-0.39, 0.29) is 17.2 Å². The largest absolute Gasteiger partial charge is 0.381 e. The van der Waals surface area contributed by atoms with Crippen molar-refractivity contribution in [2.75, 3.05) is 19.8 Å². The maximum atomic E-state index is 12.2. The normalized spacial score (nSPS) is 15.7. The number of aromatic nitrogens is 3. The molecule has 3 heterocycles. The number of benzene rings is 1. The van der Waals surface area contributed by atoms with Gasteiger partial charge in [0.1, 0.15) is 5.82 Å². The van der Waals surface area contributed by atoms with Crippen LogP contribution in [0.2, 0.25) is 0 Å². The molecule has 0 radical (unpaired) electrons. The van der Waals surface area contributed by atoms with Gasteiger partial charge in [0, 0.05) is 37.9 Å². The van der Waals surface area contributed by atoms with Crippen molar-refractivity contribution in [2.45, 2.75) is 65.0 Å². The molecule has 1 fully saturated rings. The number of aryl methyl sites for hydroxylation is 2. The summed E-state index contributed by atoms with van der Waals surface area (Å²) in [6.07, 6.45) is 4.04. The summed E-state index contributed by atoms with van der Waals surface area (Å²) in [5.74, 6) is 1.49. The summed E-state index contributed by atoms with van der Waals surface area (Å²) in [6.45, 7) is 12.6. The second kappa shape index (κ2) is 8.83. The smallest absolute Gasteiger partial charge is 0.253 e. The molecule has 1 aromatic carbocycles. The lowest BCUT2D eigenvalue weighted by molar-refractivity contribution is 0.0246. The lowest BCUT2D eigenvalue weighted by atomic mass is 9.97. The molecule has 1 saturated heterocycles. The summed E-state index contributed by atoms with van der Waals surface area (Å²) in [5, 5.41) is 0. The van der Waals surface area contributed by atoms with Gasteiger partial charge in [-0.1, -0.05) is 6.07 Å². The zero-order valence-corrected chi connectivity index (χ0v) is 20.1. The second-order valence-electron chi connectivity index (χ2n) is 9.90. The van der Waals surface area contributed by atoms with Crippen LogP contribution in [0.15, 0.2) is 35.3 Å². The highest BCUT2D eigenvalue weighted by Crippen LogP contribution is 2.35. The summed E-state index contributed by atoms with van der Waals surface area (Å²) in [7, 11) is 1.80. The molecule has 0 amide bonds. The van der Waals surface area contributed by atoms with E-state index in [2.05, 4.69) is 50.5 Å². The van der Waals surface area contributed by atoms with Crippen LogP contribution >= 0.6 is 0 Å². The number of imidazole rings is 1. The van der Waals surface area contributed by atoms with Crippen LogP contribution in [0.3, 0.4) is 0 Å². The summed E-state index contributed by atoms with van der Waals surface area (Å²) >= 11 is 0. The highest BCUT2D eigenvalue weighted by Gasteiger charge is 2.31. The van der Waals surface area contributed by atoms with Gasteiger partial charge in [-0.2, -0.15) is 0 Å². The number of pyridine rings is 1. The lowest BCUT2D eigenvalue weighted by Gasteiger charge is -2.33. The quantitative estimate of drug-likeness (QED) is 0.558. The van der Waals surface area contributed by atoms with E-state index in [9.17, 15) is 4.79 Å². The van der Waals surface area contributed by atoms with Crippen LogP contribution in [0.4, 0.5) is 0 Å². The van der Waals surface area contributed by atoms with Gasteiger partial charge in [-0.15, -0.1) is 0 Å². The standard InChI is InChI=1S/C26H35N3O3/c1-17(2)32-16-26(4,5)29-23-14-20(21-13-18(3)25(30)28(6)15-21)7-8-22(23)27-24(29)19-9-11-31-12-10-19/h7-8,13-15,17,19H,9-12,16H2,1-6H3. The number of nitrogens with zero attached hydrogens (tertiary/aromatic N) is 3. The minimum atomic E-state index is -0.259. The Labute approximate surface area is 190 Å². The Morgan fingerprint density at radius 3 is 2.56 bits per heavy atom. The van der Waals surface area contributed by atoms with E-state index in [0.29, 0.717) is 12.5 Å². The van der Waals surface area contributed by atoms with Crippen molar-refractivity contribution >= 4 is 11.0 Å². The molecule has 0 spiro atoms. The van der Waals surface area contributed by atoms with Gasteiger partial charge < -0.3 is 18.6 Å².